The first-order valence-corrected chi connectivity index (χ1v) is 6.86. The van der Waals surface area contributed by atoms with Gasteiger partial charge in [-0.05, 0) is 12.8 Å². The predicted octanol–water partition coefficient (Wildman–Crippen LogP) is 3.96. The van der Waals surface area contributed by atoms with E-state index in [9.17, 15) is 0 Å². The summed E-state index contributed by atoms with van der Waals surface area (Å²) >= 11 is 0. The smallest absolute Gasteiger partial charge is 0.0945 e. The topological polar surface area (TPSA) is 35.6 Å². The number of aromatic nitrogens is 4. The summed E-state index contributed by atoms with van der Waals surface area (Å²) in [7, 11) is 0. The number of unbranched alkanes of at least 4 members (excludes halogenated alkanes) is 5. The van der Waals surface area contributed by atoms with Crippen LogP contribution in [-0.4, -0.2) is 19.1 Å². The maximum absolute atomic E-state index is 4.04. The third-order valence-corrected chi connectivity index (χ3v) is 3.20. The zero-order valence-electron chi connectivity index (χ0n) is 11.7. The maximum atomic E-state index is 4.04. The quantitative estimate of drug-likeness (QED) is 0.656. The molecule has 20 heavy (non-hydrogen) atoms. The van der Waals surface area contributed by atoms with Gasteiger partial charge in [-0.1, -0.05) is 25.7 Å². The standard InChI is InChI=1S/C14H22N4.2ClH/c1(3-5-9-17-11-7-15-13-17)2-4-6-10-18-12-8-16-14-18;;/h7-8,11-14H,1-6,9-10H2;2*1H. The van der Waals surface area contributed by atoms with E-state index in [0.717, 1.165) is 13.1 Å². The van der Waals surface area contributed by atoms with Gasteiger partial charge in [0, 0.05) is 37.9 Å². The molecule has 114 valence electrons. The summed E-state index contributed by atoms with van der Waals surface area (Å²) in [6.07, 6.45) is 19.4. The summed E-state index contributed by atoms with van der Waals surface area (Å²) in [5, 5.41) is 0. The van der Waals surface area contributed by atoms with Crippen molar-refractivity contribution in [1.82, 2.24) is 19.1 Å². The van der Waals surface area contributed by atoms with Crippen molar-refractivity contribution in [3.05, 3.63) is 37.4 Å². The zero-order valence-corrected chi connectivity index (χ0v) is 13.4. The summed E-state index contributed by atoms with van der Waals surface area (Å²) in [5.74, 6) is 0. The molecule has 0 aliphatic rings. The van der Waals surface area contributed by atoms with Crippen molar-refractivity contribution in [3.63, 3.8) is 0 Å². The SMILES string of the molecule is Cl.Cl.c1cn(CCCCCCCCn2ccnc2)cn1. The lowest BCUT2D eigenvalue weighted by Crippen LogP contribution is -1.95. The highest BCUT2D eigenvalue weighted by Crippen LogP contribution is 2.07. The minimum Gasteiger partial charge on any atom is -0.337 e. The second-order valence-electron chi connectivity index (χ2n) is 4.72. The van der Waals surface area contributed by atoms with Gasteiger partial charge in [0.25, 0.3) is 0 Å². The van der Waals surface area contributed by atoms with Crippen LogP contribution in [0.3, 0.4) is 0 Å². The normalized spacial score (nSPS) is 9.80. The van der Waals surface area contributed by atoms with Crippen molar-refractivity contribution < 1.29 is 0 Å². The third kappa shape index (κ3) is 7.56. The number of rotatable bonds is 9. The second-order valence-corrected chi connectivity index (χ2v) is 4.72. The van der Waals surface area contributed by atoms with Crippen LogP contribution in [0.4, 0.5) is 0 Å². The number of halogens is 2. The molecule has 0 N–H and O–H groups in total. The minimum absolute atomic E-state index is 0. The number of imidazole rings is 2. The van der Waals surface area contributed by atoms with Crippen LogP contribution in [0.1, 0.15) is 38.5 Å². The number of hydrogen-bond acceptors (Lipinski definition) is 2. The van der Waals surface area contributed by atoms with Crippen molar-refractivity contribution in [2.45, 2.75) is 51.6 Å². The Morgan fingerprint density at radius 3 is 1.35 bits per heavy atom. The van der Waals surface area contributed by atoms with E-state index in [1.807, 2.05) is 37.4 Å². The van der Waals surface area contributed by atoms with E-state index in [4.69, 9.17) is 0 Å². The van der Waals surface area contributed by atoms with Gasteiger partial charge in [0.05, 0.1) is 12.7 Å². The van der Waals surface area contributed by atoms with Crippen molar-refractivity contribution in [3.8, 4) is 0 Å². The van der Waals surface area contributed by atoms with E-state index in [-0.39, 0.29) is 24.8 Å². The molecule has 0 saturated carbocycles. The van der Waals surface area contributed by atoms with E-state index in [1.165, 1.54) is 38.5 Å². The zero-order chi connectivity index (χ0) is 12.5. The van der Waals surface area contributed by atoms with Crippen LogP contribution in [0.15, 0.2) is 37.4 Å². The molecule has 0 aromatic carbocycles. The maximum Gasteiger partial charge on any atom is 0.0945 e. The van der Waals surface area contributed by atoms with Crippen molar-refractivity contribution in [2.24, 2.45) is 0 Å². The van der Waals surface area contributed by atoms with Crippen molar-refractivity contribution in [1.29, 1.82) is 0 Å². The monoisotopic (exact) mass is 318 g/mol. The summed E-state index contributed by atoms with van der Waals surface area (Å²) in [6, 6.07) is 0. The van der Waals surface area contributed by atoms with Gasteiger partial charge < -0.3 is 9.13 Å². The molecular weight excluding hydrogens is 295 g/mol. The first kappa shape index (κ1) is 19.0. The molecule has 0 saturated heterocycles. The molecule has 2 aromatic heterocycles. The molecule has 4 nitrogen and oxygen atoms in total. The summed E-state index contributed by atoms with van der Waals surface area (Å²) < 4.78 is 4.30. The van der Waals surface area contributed by atoms with Crippen LogP contribution in [0.5, 0.6) is 0 Å². The molecule has 0 fully saturated rings. The summed E-state index contributed by atoms with van der Waals surface area (Å²) in [5.41, 5.74) is 0. The Hall–Kier alpha value is -1.00. The lowest BCUT2D eigenvalue weighted by Gasteiger charge is -2.03. The Balaban J connectivity index is 0.00000180. The Morgan fingerprint density at radius 2 is 1.00 bits per heavy atom. The summed E-state index contributed by atoms with van der Waals surface area (Å²) in [4.78, 5) is 8.08. The fraction of sp³-hybridized carbons (Fsp3) is 0.571. The lowest BCUT2D eigenvalue weighted by molar-refractivity contribution is 0.531. The lowest BCUT2D eigenvalue weighted by atomic mass is 10.1. The van der Waals surface area contributed by atoms with E-state index in [2.05, 4.69) is 19.1 Å². The molecule has 6 heteroatoms. The molecule has 0 aliphatic heterocycles. The average molecular weight is 319 g/mol. The largest absolute Gasteiger partial charge is 0.337 e. The van der Waals surface area contributed by atoms with Gasteiger partial charge in [0.15, 0.2) is 0 Å². The molecule has 2 heterocycles. The van der Waals surface area contributed by atoms with Gasteiger partial charge in [0.1, 0.15) is 0 Å². The van der Waals surface area contributed by atoms with Gasteiger partial charge in [-0.2, -0.15) is 0 Å². The van der Waals surface area contributed by atoms with Crippen LogP contribution in [0.2, 0.25) is 0 Å². The summed E-state index contributed by atoms with van der Waals surface area (Å²) in [6.45, 7) is 2.21. The fourth-order valence-corrected chi connectivity index (χ4v) is 2.13. The molecule has 2 aromatic rings. The molecule has 0 unspecified atom stereocenters. The molecule has 0 spiro atoms. The predicted molar refractivity (Wildman–Crippen MR) is 86.7 cm³/mol. The Bertz CT molecular complexity index is 360. The molecule has 0 atom stereocenters. The average Bonchev–Trinajstić information content (AvgIpc) is 3.05. The molecule has 0 radical (unpaired) electrons. The number of nitrogens with zero attached hydrogens (tertiary/aromatic N) is 4. The molecule has 0 amide bonds. The van der Waals surface area contributed by atoms with Crippen molar-refractivity contribution in [2.75, 3.05) is 0 Å². The third-order valence-electron chi connectivity index (χ3n) is 3.20. The van der Waals surface area contributed by atoms with Crippen LogP contribution >= 0.6 is 24.8 Å². The first-order chi connectivity index (χ1) is 8.95. The van der Waals surface area contributed by atoms with Crippen LogP contribution in [0.25, 0.3) is 0 Å². The molecule has 0 bridgehead atoms. The Labute approximate surface area is 133 Å². The van der Waals surface area contributed by atoms with Gasteiger partial charge in [-0.3, -0.25) is 0 Å². The first-order valence-electron chi connectivity index (χ1n) is 6.86. The van der Waals surface area contributed by atoms with Gasteiger partial charge >= 0.3 is 0 Å². The van der Waals surface area contributed by atoms with Gasteiger partial charge in [-0.15, -0.1) is 24.8 Å². The van der Waals surface area contributed by atoms with Crippen LogP contribution in [0, 0.1) is 0 Å². The molecule has 2 rings (SSSR count). The van der Waals surface area contributed by atoms with Crippen LogP contribution < -0.4 is 0 Å². The highest BCUT2D eigenvalue weighted by molar-refractivity contribution is 5.85. The number of aryl methyl sites for hydroxylation is 2. The Morgan fingerprint density at radius 1 is 0.600 bits per heavy atom. The highest BCUT2D eigenvalue weighted by Gasteiger charge is 1.94. The van der Waals surface area contributed by atoms with E-state index < -0.39 is 0 Å². The van der Waals surface area contributed by atoms with Gasteiger partial charge in [0.2, 0.25) is 0 Å². The second kappa shape index (κ2) is 11.8. The number of hydrogen-bond donors (Lipinski definition) is 0. The van der Waals surface area contributed by atoms with Crippen LogP contribution in [-0.2, 0) is 13.1 Å². The van der Waals surface area contributed by atoms with E-state index in [0.29, 0.717) is 0 Å². The van der Waals surface area contributed by atoms with Crippen molar-refractivity contribution >= 4 is 24.8 Å². The highest BCUT2D eigenvalue weighted by atomic mass is 35.5. The van der Waals surface area contributed by atoms with E-state index >= 15 is 0 Å². The molecular formula is C14H24Cl2N4. The van der Waals surface area contributed by atoms with E-state index in [1.54, 1.807) is 0 Å². The minimum atomic E-state index is 0. The fourth-order valence-electron chi connectivity index (χ4n) is 2.13. The molecule has 0 aliphatic carbocycles. The Kier molecular flexibility index (Phi) is 11.2. The van der Waals surface area contributed by atoms with Gasteiger partial charge in [-0.25, -0.2) is 9.97 Å².